The molecule has 0 aromatic heterocycles. The van der Waals surface area contributed by atoms with Gasteiger partial charge in [0.1, 0.15) is 12.4 Å². The lowest BCUT2D eigenvalue weighted by Gasteiger charge is -2.13. The van der Waals surface area contributed by atoms with Gasteiger partial charge in [-0.15, -0.1) is 0 Å². The average Bonchev–Trinajstić information content (AvgIpc) is 3.27. The highest BCUT2D eigenvalue weighted by Gasteiger charge is 2.16. The Balaban J connectivity index is 1.38. The molecule has 3 rings (SSSR count). The SMILES string of the molecule is O=C(CNCC1CCCO1)Nc1cccc(OCC2CCCO2)c1. The lowest BCUT2D eigenvalue weighted by Crippen LogP contribution is -2.33. The number of benzene rings is 1. The fourth-order valence-electron chi connectivity index (χ4n) is 2.99. The lowest BCUT2D eigenvalue weighted by molar-refractivity contribution is -0.115. The van der Waals surface area contributed by atoms with E-state index in [0.29, 0.717) is 6.61 Å². The minimum atomic E-state index is -0.0655. The second kappa shape index (κ2) is 9.01. The summed E-state index contributed by atoms with van der Waals surface area (Å²) in [4.78, 5) is 12.0. The van der Waals surface area contributed by atoms with Crippen molar-refractivity contribution in [3.05, 3.63) is 24.3 Å². The first-order valence-electron chi connectivity index (χ1n) is 8.76. The van der Waals surface area contributed by atoms with Crippen molar-refractivity contribution in [2.45, 2.75) is 37.9 Å². The molecule has 6 heteroatoms. The normalized spacial score (nSPS) is 23.3. The van der Waals surface area contributed by atoms with Crippen molar-refractivity contribution in [1.82, 2.24) is 5.32 Å². The van der Waals surface area contributed by atoms with Crippen molar-refractivity contribution < 1.29 is 19.0 Å². The van der Waals surface area contributed by atoms with Crippen LogP contribution < -0.4 is 15.4 Å². The highest BCUT2D eigenvalue weighted by atomic mass is 16.5. The van der Waals surface area contributed by atoms with Crippen LogP contribution in [0.15, 0.2) is 24.3 Å². The average molecular weight is 334 g/mol. The van der Waals surface area contributed by atoms with Crippen LogP contribution in [-0.4, -0.2) is 51.0 Å². The van der Waals surface area contributed by atoms with Gasteiger partial charge in [-0.05, 0) is 37.8 Å². The number of anilines is 1. The maximum absolute atomic E-state index is 12.0. The van der Waals surface area contributed by atoms with Gasteiger partial charge in [-0.1, -0.05) is 6.07 Å². The zero-order chi connectivity index (χ0) is 16.6. The first-order valence-corrected chi connectivity index (χ1v) is 8.76. The van der Waals surface area contributed by atoms with E-state index < -0.39 is 0 Å². The molecule has 1 aromatic rings. The van der Waals surface area contributed by atoms with E-state index in [9.17, 15) is 4.79 Å². The third-order valence-corrected chi connectivity index (χ3v) is 4.26. The van der Waals surface area contributed by atoms with E-state index in [4.69, 9.17) is 14.2 Å². The third kappa shape index (κ3) is 5.47. The first kappa shape index (κ1) is 17.2. The fourth-order valence-corrected chi connectivity index (χ4v) is 2.99. The van der Waals surface area contributed by atoms with Gasteiger partial charge < -0.3 is 24.8 Å². The zero-order valence-electron chi connectivity index (χ0n) is 14.0. The summed E-state index contributed by atoms with van der Waals surface area (Å²) in [5, 5.41) is 6.02. The van der Waals surface area contributed by atoms with Gasteiger partial charge in [0.05, 0.1) is 18.8 Å². The molecule has 0 bridgehead atoms. The van der Waals surface area contributed by atoms with Gasteiger partial charge in [-0.3, -0.25) is 4.79 Å². The summed E-state index contributed by atoms with van der Waals surface area (Å²) in [5.41, 5.74) is 0.740. The summed E-state index contributed by atoms with van der Waals surface area (Å²) in [6.07, 6.45) is 4.75. The van der Waals surface area contributed by atoms with Crippen molar-refractivity contribution in [3.63, 3.8) is 0 Å². The van der Waals surface area contributed by atoms with Crippen molar-refractivity contribution in [2.24, 2.45) is 0 Å². The molecular weight excluding hydrogens is 308 g/mol. The van der Waals surface area contributed by atoms with Crippen LogP contribution >= 0.6 is 0 Å². The number of hydrogen-bond donors (Lipinski definition) is 2. The van der Waals surface area contributed by atoms with Crippen LogP contribution in [0.2, 0.25) is 0 Å². The third-order valence-electron chi connectivity index (χ3n) is 4.26. The monoisotopic (exact) mass is 334 g/mol. The second-order valence-corrected chi connectivity index (χ2v) is 6.29. The predicted molar refractivity (Wildman–Crippen MR) is 91.4 cm³/mol. The molecule has 1 aromatic carbocycles. The number of amides is 1. The number of hydrogen-bond acceptors (Lipinski definition) is 5. The molecule has 2 N–H and O–H groups in total. The molecular formula is C18H26N2O4. The number of carbonyl (C=O) groups is 1. The smallest absolute Gasteiger partial charge is 0.238 e. The van der Waals surface area contributed by atoms with Crippen molar-refractivity contribution >= 4 is 11.6 Å². The van der Waals surface area contributed by atoms with E-state index >= 15 is 0 Å². The highest BCUT2D eigenvalue weighted by molar-refractivity contribution is 5.92. The maximum atomic E-state index is 12.0. The summed E-state index contributed by atoms with van der Waals surface area (Å²) in [6, 6.07) is 7.46. The predicted octanol–water partition coefficient (Wildman–Crippen LogP) is 1.95. The van der Waals surface area contributed by atoms with Crippen LogP contribution in [0.4, 0.5) is 5.69 Å². The number of rotatable bonds is 8. The number of carbonyl (C=O) groups excluding carboxylic acids is 1. The van der Waals surface area contributed by atoms with Gasteiger partial charge in [0.15, 0.2) is 0 Å². The molecule has 1 amide bonds. The Morgan fingerprint density at radius 1 is 1.17 bits per heavy atom. The van der Waals surface area contributed by atoms with Crippen LogP contribution in [-0.2, 0) is 14.3 Å². The summed E-state index contributed by atoms with van der Waals surface area (Å²) in [5.74, 6) is 0.680. The molecule has 2 aliphatic rings. The molecule has 0 spiro atoms. The van der Waals surface area contributed by atoms with Gasteiger partial charge in [-0.2, -0.15) is 0 Å². The molecule has 2 heterocycles. The van der Waals surface area contributed by atoms with E-state index in [1.807, 2.05) is 24.3 Å². The Morgan fingerprint density at radius 2 is 1.96 bits per heavy atom. The van der Waals surface area contributed by atoms with E-state index in [0.717, 1.165) is 56.9 Å². The quantitative estimate of drug-likeness (QED) is 0.760. The summed E-state index contributed by atoms with van der Waals surface area (Å²) in [7, 11) is 0. The lowest BCUT2D eigenvalue weighted by atomic mass is 10.2. The van der Waals surface area contributed by atoms with Crippen LogP contribution in [0.3, 0.4) is 0 Å². The largest absolute Gasteiger partial charge is 0.491 e. The highest BCUT2D eigenvalue weighted by Crippen LogP contribution is 2.19. The number of ether oxygens (including phenoxy) is 3. The second-order valence-electron chi connectivity index (χ2n) is 6.29. The molecule has 2 atom stereocenters. The Morgan fingerprint density at radius 3 is 2.71 bits per heavy atom. The molecule has 0 radical (unpaired) electrons. The first-order chi connectivity index (χ1) is 11.8. The molecule has 6 nitrogen and oxygen atoms in total. The summed E-state index contributed by atoms with van der Waals surface area (Å²) < 4.78 is 16.8. The molecule has 0 saturated carbocycles. The maximum Gasteiger partial charge on any atom is 0.238 e. The molecule has 132 valence electrons. The Kier molecular flexibility index (Phi) is 6.46. The van der Waals surface area contributed by atoms with E-state index in [-0.39, 0.29) is 24.7 Å². The van der Waals surface area contributed by atoms with Crippen LogP contribution in [0, 0.1) is 0 Å². The summed E-state index contributed by atoms with van der Waals surface area (Å²) >= 11 is 0. The van der Waals surface area contributed by atoms with E-state index in [2.05, 4.69) is 10.6 Å². The summed E-state index contributed by atoms with van der Waals surface area (Å²) in [6.45, 7) is 3.21. The fraction of sp³-hybridized carbons (Fsp3) is 0.611. The Labute approximate surface area is 142 Å². The van der Waals surface area contributed by atoms with Gasteiger partial charge in [0, 0.05) is 31.5 Å². The molecule has 0 aliphatic carbocycles. The molecule has 2 unspecified atom stereocenters. The Hall–Kier alpha value is -1.63. The van der Waals surface area contributed by atoms with Gasteiger partial charge in [0.2, 0.25) is 5.91 Å². The number of nitrogens with one attached hydrogen (secondary N) is 2. The minimum Gasteiger partial charge on any atom is -0.491 e. The van der Waals surface area contributed by atoms with Crippen LogP contribution in [0.25, 0.3) is 0 Å². The van der Waals surface area contributed by atoms with Gasteiger partial charge in [0.25, 0.3) is 0 Å². The van der Waals surface area contributed by atoms with Crippen LogP contribution in [0.5, 0.6) is 5.75 Å². The van der Waals surface area contributed by atoms with Crippen molar-refractivity contribution in [2.75, 3.05) is 38.2 Å². The van der Waals surface area contributed by atoms with Gasteiger partial charge >= 0.3 is 0 Å². The minimum absolute atomic E-state index is 0.0655. The molecule has 2 saturated heterocycles. The van der Waals surface area contributed by atoms with E-state index in [1.54, 1.807) is 0 Å². The molecule has 24 heavy (non-hydrogen) atoms. The van der Waals surface area contributed by atoms with Crippen molar-refractivity contribution in [3.8, 4) is 5.75 Å². The van der Waals surface area contributed by atoms with Gasteiger partial charge in [-0.25, -0.2) is 0 Å². The molecule has 2 aliphatic heterocycles. The standard InChI is InChI=1S/C18H26N2O4/c21-18(12-19-11-16-6-2-8-22-16)20-14-4-1-5-15(10-14)24-13-17-7-3-9-23-17/h1,4-5,10,16-17,19H,2-3,6-9,11-13H2,(H,20,21). The van der Waals surface area contributed by atoms with Crippen LogP contribution in [0.1, 0.15) is 25.7 Å². The van der Waals surface area contributed by atoms with Crippen molar-refractivity contribution in [1.29, 1.82) is 0 Å². The molecule has 2 fully saturated rings. The topological polar surface area (TPSA) is 68.8 Å². The zero-order valence-corrected chi connectivity index (χ0v) is 14.0. The van der Waals surface area contributed by atoms with E-state index in [1.165, 1.54) is 0 Å². The Bertz CT molecular complexity index is 526.